The summed E-state index contributed by atoms with van der Waals surface area (Å²) in [6.45, 7) is 6.15. The molecule has 1 N–H and O–H groups in total. The molecule has 2 atom stereocenters. The zero-order valence-electron chi connectivity index (χ0n) is 20.2. The smallest absolute Gasteiger partial charge is 0.228 e. The van der Waals surface area contributed by atoms with Gasteiger partial charge in [0.05, 0.1) is 5.60 Å². The number of amides is 1. The van der Waals surface area contributed by atoms with E-state index in [4.69, 9.17) is 16.3 Å². The summed E-state index contributed by atoms with van der Waals surface area (Å²) in [4.78, 5) is 19.7. The first kappa shape index (κ1) is 24.0. The van der Waals surface area contributed by atoms with Gasteiger partial charge in [0.2, 0.25) is 5.91 Å². The fourth-order valence-electron chi connectivity index (χ4n) is 6.08. The van der Waals surface area contributed by atoms with E-state index in [0.29, 0.717) is 43.8 Å². The van der Waals surface area contributed by atoms with Gasteiger partial charge in [-0.3, -0.25) is 9.69 Å². The number of nitrogens with one attached hydrogen (secondary N) is 1. The average molecular weight is 488 g/mol. The minimum Gasteiger partial charge on any atom is -0.376 e. The van der Waals surface area contributed by atoms with Crippen LogP contribution in [0.5, 0.6) is 0 Å². The van der Waals surface area contributed by atoms with E-state index in [-0.39, 0.29) is 17.4 Å². The van der Waals surface area contributed by atoms with Crippen LogP contribution in [-0.2, 0) is 9.53 Å². The van der Waals surface area contributed by atoms with Gasteiger partial charge in [0.15, 0.2) is 0 Å². The lowest BCUT2D eigenvalue weighted by Crippen LogP contribution is -2.39. The number of hydrogen-bond acceptors (Lipinski definition) is 4. The van der Waals surface area contributed by atoms with Gasteiger partial charge in [0.25, 0.3) is 0 Å². The SMILES string of the molecule is CC1(C)C[C@@H](C(=O)Nc2cc3cc([C@H]4CC[C@H](N5CC[C@H](F)C5)CC4)c(Cl)cc3cn2)CCO1. The van der Waals surface area contributed by atoms with Crippen molar-refractivity contribution in [2.24, 2.45) is 5.92 Å². The molecule has 34 heavy (non-hydrogen) atoms. The van der Waals surface area contributed by atoms with Gasteiger partial charge in [-0.15, -0.1) is 0 Å². The van der Waals surface area contributed by atoms with Crippen molar-refractivity contribution in [3.8, 4) is 0 Å². The molecule has 184 valence electrons. The third-order valence-electron chi connectivity index (χ3n) is 7.97. The maximum atomic E-state index is 13.6. The molecule has 0 unspecified atom stereocenters. The molecule has 1 saturated carbocycles. The molecule has 5 nitrogen and oxygen atoms in total. The van der Waals surface area contributed by atoms with E-state index in [9.17, 15) is 9.18 Å². The van der Waals surface area contributed by atoms with Gasteiger partial charge in [0, 0.05) is 48.3 Å². The van der Waals surface area contributed by atoms with Crippen LogP contribution in [0.2, 0.25) is 5.02 Å². The Labute approximate surface area is 206 Å². The maximum Gasteiger partial charge on any atom is 0.228 e. The Morgan fingerprint density at radius 2 is 1.94 bits per heavy atom. The molecule has 1 aromatic heterocycles. The first-order valence-corrected chi connectivity index (χ1v) is 13.1. The molecule has 1 amide bonds. The number of nitrogens with zero attached hydrogens (tertiary/aromatic N) is 2. The number of alkyl halides is 1. The summed E-state index contributed by atoms with van der Waals surface area (Å²) < 4.78 is 19.4. The maximum absolute atomic E-state index is 13.6. The Hall–Kier alpha value is -1.76. The minimum atomic E-state index is -0.658. The Morgan fingerprint density at radius 3 is 2.65 bits per heavy atom. The van der Waals surface area contributed by atoms with E-state index in [2.05, 4.69) is 21.3 Å². The van der Waals surface area contributed by atoms with Gasteiger partial charge in [-0.25, -0.2) is 9.37 Å². The van der Waals surface area contributed by atoms with Gasteiger partial charge in [0.1, 0.15) is 12.0 Å². The molecule has 0 bridgehead atoms. The van der Waals surface area contributed by atoms with Crippen molar-refractivity contribution in [1.82, 2.24) is 9.88 Å². The summed E-state index contributed by atoms with van der Waals surface area (Å²) in [5.74, 6) is 0.926. The van der Waals surface area contributed by atoms with E-state index in [1.165, 1.54) is 5.56 Å². The number of ether oxygens (including phenoxy) is 1. The zero-order chi connectivity index (χ0) is 23.9. The van der Waals surface area contributed by atoms with Crippen molar-refractivity contribution in [2.75, 3.05) is 25.0 Å². The summed E-state index contributed by atoms with van der Waals surface area (Å²) in [6, 6.07) is 6.61. The average Bonchev–Trinajstić information content (AvgIpc) is 3.24. The molecule has 2 aliphatic heterocycles. The third kappa shape index (κ3) is 5.24. The summed E-state index contributed by atoms with van der Waals surface area (Å²) in [5, 5.41) is 5.81. The first-order valence-electron chi connectivity index (χ1n) is 12.7. The van der Waals surface area contributed by atoms with Crippen LogP contribution in [0.25, 0.3) is 10.8 Å². The summed E-state index contributed by atoms with van der Waals surface area (Å²) in [5.41, 5.74) is 0.899. The number of hydrogen-bond donors (Lipinski definition) is 1. The minimum absolute atomic E-state index is 0.00756. The number of benzene rings is 1. The number of fused-ring (bicyclic) bond motifs is 1. The molecular formula is C27H35ClFN3O2. The topological polar surface area (TPSA) is 54.5 Å². The van der Waals surface area contributed by atoms with Gasteiger partial charge in [-0.2, -0.15) is 0 Å². The molecule has 0 spiro atoms. The molecule has 2 aromatic rings. The highest BCUT2D eigenvalue weighted by Crippen LogP contribution is 2.40. The predicted octanol–water partition coefficient (Wildman–Crippen LogP) is 6.10. The number of aromatic nitrogens is 1. The Balaban J connectivity index is 1.28. The lowest BCUT2D eigenvalue weighted by molar-refractivity contribution is -0.130. The second-order valence-electron chi connectivity index (χ2n) is 11.0. The van der Waals surface area contributed by atoms with Crippen LogP contribution >= 0.6 is 11.6 Å². The van der Waals surface area contributed by atoms with Crippen molar-refractivity contribution in [2.45, 2.75) is 82.5 Å². The van der Waals surface area contributed by atoms with Gasteiger partial charge in [-0.1, -0.05) is 11.6 Å². The molecule has 3 heterocycles. The highest BCUT2D eigenvalue weighted by molar-refractivity contribution is 6.32. The lowest BCUT2D eigenvalue weighted by Gasteiger charge is -2.35. The Morgan fingerprint density at radius 1 is 1.15 bits per heavy atom. The second-order valence-corrected chi connectivity index (χ2v) is 11.4. The van der Waals surface area contributed by atoms with Gasteiger partial charge < -0.3 is 10.1 Å². The Kier molecular flexibility index (Phi) is 6.84. The van der Waals surface area contributed by atoms with Gasteiger partial charge >= 0.3 is 0 Å². The van der Waals surface area contributed by atoms with E-state index >= 15 is 0 Å². The molecule has 0 radical (unpaired) electrons. The quantitative estimate of drug-likeness (QED) is 0.566. The van der Waals surface area contributed by atoms with Gasteiger partial charge in [-0.05, 0) is 93.9 Å². The molecule has 3 fully saturated rings. The van der Waals surface area contributed by atoms with Crippen LogP contribution in [0.3, 0.4) is 0 Å². The fraction of sp³-hybridized carbons (Fsp3) is 0.630. The summed E-state index contributed by atoms with van der Waals surface area (Å²) in [6.07, 6.45) is 7.55. The zero-order valence-corrected chi connectivity index (χ0v) is 20.9. The highest BCUT2D eigenvalue weighted by Gasteiger charge is 2.34. The molecule has 1 aromatic carbocycles. The summed E-state index contributed by atoms with van der Waals surface area (Å²) >= 11 is 6.70. The van der Waals surface area contributed by atoms with Crippen LogP contribution < -0.4 is 5.32 Å². The van der Waals surface area contributed by atoms with Crippen LogP contribution in [-0.4, -0.2) is 53.3 Å². The standard InChI is InChI=1S/C27H35ClFN3O2/c1-27(2)14-18(8-10-34-27)26(33)31-25-13-19-11-23(24(28)12-20(19)15-30-25)17-3-5-22(6-4-17)32-9-7-21(29)16-32/h11-13,15,17-18,21-22H,3-10,14,16H2,1-2H3,(H,30,31,33)/t17-,18-,21-,22-/m0/s1. The summed E-state index contributed by atoms with van der Waals surface area (Å²) in [7, 11) is 0. The van der Waals surface area contributed by atoms with E-state index < -0.39 is 6.17 Å². The lowest BCUT2D eigenvalue weighted by atomic mass is 9.81. The molecule has 2 saturated heterocycles. The molecule has 3 aliphatic rings. The number of pyridine rings is 1. The van der Waals surface area contributed by atoms with Crippen molar-refractivity contribution in [3.63, 3.8) is 0 Å². The number of anilines is 1. The predicted molar refractivity (Wildman–Crippen MR) is 134 cm³/mol. The van der Waals surface area contributed by atoms with Crippen molar-refractivity contribution >= 4 is 34.1 Å². The molecule has 1 aliphatic carbocycles. The number of halogens is 2. The van der Waals surface area contributed by atoms with Crippen LogP contribution in [0.4, 0.5) is 10.2 Å². The second kappa shape index (κ2) is 9.71. The van der Waals surface area contributed by atoms with Crippen LogP contribution in [0.15, 0.2) is 24.4 Å². The number of carbonyl (C=O) groups is 1. The largest absolute Gasteiger partial charge is 0.376 e. The fourth-order valence-corrected chi connectivity index (χ4v) is 6.40. The number of carbonyl (C=O) groups excluding carboxylic acids is 1. The van der Waals surface area contributed by atoms with E-state index in [1.54, 1.807) is 6.20 Å². The van der Waals surface area contributed by atoms with E-state index in [1.807, 2.05) is 26.0 Å². The van der Waals surface area contributed by atoms with E-state index in [0.717, 1.165) is 54.4 Å². The van der Waals surface area contributed by atoms with Crippen molar-refractivity contribution in [1.29, 1.82) is 0 Å². The highest BCUT2D eigenvalue weighted by atomic mass is 35.5. The molecule has 5 rings (SSSR count). The normalized spacial score (nSPS) is 29.9. The number of rotatable bonds is 4. The Bertz CT molecular complexity index is 1050. The number of likely N-dealkylation sites (tertiary alicyclic amines) is 1. The third-order valence-corrected chi connectivity index (χ3v) is 8.30. The van der Waals surface area contributed by atoms with Crippen molar-refractivity contribution < 1.29 is 13.9 Å². The van der Waals surface area contributed by atoms with Crippen LogP contribution in [0, 0.1) is 5.92 Å². The monoisotopic (exact) mass is 487 g/mol. The van der Waals surface area contributed by atoms with Crippen molar-refractivity contribution in [3.05, 3.63) is 35.0 Å². The molecule has 7 heteroatoms. The van der Waals surface area contributed by atoms with Crippen LogP contribution in [0.1, 0.15) is 70.3 Å². The first-order chi connectivity index (χ1) is 16.3. The molecular weight excluding hydrogens is 453 g/mol.